The highest BCUT2D eigenvalue weighted by atomic mass is 16.1. The Balaban J connectivity index is 2.03. The van der Waals surface area contributed by atoms with E-state index in [1.54, 1.807) is 0 Å². The van der Waals surface area contributed by atoms with Crippen molar-refractivity contribution in [1.82, 2.24) is 0 Å². The summed E-state index contributed by atoms with van der Waals surface area (Å²) in [5, 5.41) is 0. The summed E-state index contributed by atoms with van der Waals surface area (Å²) in [7, 11) is 0. The molecule has 1 saturated carbocycles. The Morgan fingerprint density at radius 3 is 2.72 bits per heavy atom. The third kappa shape index (κ3) is 1.89. The number of Topliss-reactive ketones (excluding diaryl/α,β-unsaturated/α-hetero) is 1. The quantitative estimate of drug-likeness (QED) is 0.865. The molecule has 0 aromatic heterocycles. The maximum Gasteiger partial charge on any atom is 0.184 e. The maximum atomic E-state index is 11.8. The minimum absolute atomic E-state index is 0.111. The van der Waals surface area contributed by atoms with Crippen LogP contribution in [0.1, 0.15) is 53.1 Å². The van der Waals surface area contributed by atoms with Gasteiger partial charge >= 0.3 is 0 Å². The van der Waals surface area contributed by atoms with E-state index in [1.807, 2.05) is 6.07 Å². The van der Waals surface area contributed by atoms with Crippen LogP contribution in [0.2, 0.25) is 0 Å². The van der Waals surface area contributed by atoms with E-state index in [2.05, 4.69) is 17.1 Å². The highest BCUT2D eigenvalue weighted by molar-refractivity contribution is 6.16. The predicted octanol–water partition coefficient (Wildman–Crippen LogP) is 2.29. The third-order valence-electron chi connectivity index (χ3n) is 4.09. The van der Waals surface area contributed by atoms with E-state index < -0.39 is 0 Å². The second-order valence-corrected chi connectivity index (χ2v) is 5.18. The highest BCUT2D eigenvalue weighted by Gasteiger charge is 2.23. The van der Waals surface area contributed by atoms with Gasteiger partial charge in [-0.1, -0.05) is 25.0 Å². The molecule has 1 aromatic rings. The number of nitrogens with zero attached hydrogens (tertiary/aromatic N) is 1. The van der Waals surface area contributed by atoms with Gasteiger partial charge in [-0.25, -0.2) is 0 Å². The van der Waals surface area contributed by atoms with Crippen molar-refractivity contribution in [3.05, 3.63) is 34.9 Å². The Morgan fingerprint density at radius 2 is 2.00 bits per heavy atom. The molecule has 94 valence electrons. The lowest BCUT2D eigenvalue weighted by Crippen LogP contribution is -2.25. The molecule has 1 aliphatic carbocycles. The molecular weight excluding hydrogens is 224 g/mol. The van der Waals surface area contributed by atoms with Crippen molar-refractivity contribution in [2.24, 2.45) is 10.7 Å². The number of carbonyl (C=O) groups excluding carboxylic acids is 1. The van der Waals surface area contributed by atoms with Gasteiger partial charge in [-0.05, 0) is 30.4 Å². The molecule has 0 spiro atoms. The second-order valence-electron chi connectivity index (χ2n) is 5.18. The first-order valence-corrected chi connectivity index (χ1v) is 6.70. The number of rotatable bonds is 2. The van der Waals surface area contributed by atoms with Crippen LogP contribution in [-0.4, -0.2) is 24.6 Å². The lowest BCUT2D eigenvalue weighted by Gasteiger charge is -2.18. The molecule has 0 atom stereocenters. The summed E-state index contributed by atoms with van der Waals surface area (Å²) in [6.45, 7) is 0.663. The van der Waals surface area contributed by atoms with Crippen LogP contribution in [0.4, 0.5) is 0 Å². The van der Waals surface area contributed by atoms with Gasteiger partial charge in [0.05, 0.1) is 5.71 Å². The van der Waals surface area contributed by atoms with E-state index in [0.29, 0.717) is 12.5 Å². The van der Waals surface area contributed by atoms with Gasteiger partial charge in [-0.3, -0.25) is 9.79 Å². The SMILES string of the molecule is NCC1=NCC(=O)c2ccc(C3CCCC3)cc21. The number of benzene rings is 1. The zero-order valence-corrected chi connectivity index (χ0v) is 10.5. The van der Waals surface area contributed by atoms with Crippen molar-refractivity contribution in [2.45, 2.75) is 31.6 Å². The lowest BCUT2D eigenvalue weighted by molar-refractivity contribution is 0.1000. The molecule has 0 bridgehead atoms. The Labute approximate surface area is 107 Å². The van der Waals surface area contributed by atoms with Crippen molar-refractivity contribution < 1.29 is 4.79 Å². The Bertz CT molecular complexity index is 513. The summed E-state index contributed by atoms with van der Waals surface area (Å²) >= 11 is 0. The minimum Gasteiger partial charge on any atom is -0.325 e. The van der Waals surface area contributed by atoms with Crippen molar-refractivity contribution in [3.63, 3.8) is 0 Å². The fourth-order valence-corrected chi connectivity index (χ4v) is 3.07. The van der Waals surface area contributed by atoms with Crippen molar-refractivity contribution in [2.75, 3.05) is 13.1 Å². The molecule has 18 heavy (non-hydrogen) atoms. The van der Waals surface area contributed by atoms with E-state index in [9.17, 15) is 4.79 Å². The summed E-state index contributed by atoms with van der Waals surface area (Å²) in [4.78, 5) is 16.1. The van der Waals surface area contributed by atoms with Gasteiger partial charge in [-0.15, -0.1) is 0 Å². The van der Waals surface area contributed by atoms with Crippen LogP contribution >= 0.6 is 0 Å². The number of fused-ring (bicyclic) bond motifs is 1. The molecule has 1 heterocycles. The van der Waals surface area contributed by atoms with Crippen LogP contribution in [0.5, 0.6) is 0 Å². The van der Waals surface area contributed by atoms with Crippen LogP contribution in [0, 0.1) is 0 Å². The van der Waals surface area contributed by atoms with E-state index in [4.69, 9.17) is 5.73 Å². The average Bonchev–Trinajstić information content (AvgIpc) is 2.93. The van der Waals surface area contributed by atoms with Crippen molar-refractivity contribution in [1.29, 1.82) is 0 Å². The largest absolute Gasteiger partial charge is 0.325 e. The molecule has 0 unspecified atom stereocenters. The molecule has 2 N–H and O–H groups in total. The van der Waals surface area contributed by atoms with E-state index >= 15 is 0 Å². The normalized spacial score (nSPS) is 19.8. The molecule has 3 heteroatoms. The fraction of sp³-hybridized carbons (Fsp3) is 0.467. The Kier molecular flexibility index (Phi) is 3.00. The predicted molar refractivity (Wildman–Crippen MR) is 72.4 cm³/mol. The van der Waals surface area contributed by atoms with Crippen molar-refractivity contribution in [3.8, 4) is 0 Å². The van der Waals surface area contributed by atoms with E-state index in [0.717, 1.165) is 16.8 Å². The maximum absolute atomic E-state index is 11.8. The Hall–Kier alpha value is -1.48. The number of hydrogen-bond donors (Lipinski definition) is 1. The van der Waals surface area contributed by atoms with Gasteiger partial charge in [0.2, 0.25) is 0 Å². The number of nitrogens with two attached hydrogens (primary N) is 1. The molecular formula is C15H18N2O. The number of carbonyl (C=O) groups is 1. The molecule has 1 aromatic carbocycles. The highest BCUT2D eigenvalue weighted by Crippen LogP contribution is 2.35. The summed E-state index contributed by atoms with van der Waals surface area (Å²) in [5.74, 6) is 0.770. The molecule has 0 amide bonds. The number of aliphatic imine (C=N–C) groups is 1. The second kappa shape index (κ2) is 4.65. The first-order chi connectivity index (χ1) is 8.79. The van der Waals surface area contributed by atoms with Gasteiger partial charge in [0.15, 0.2) is 5.78 Å². The summed E-state index contributed by atoms with van der Waals surface area (Å²) in [6.07, 6.45) is 5.17. The monoisotopic (exact) mass is 242 g/mol. The van der Waals surface area contributed by atoms with E-state index in [-0.39, 0.29) is 12.3 Å². The topological polar surface area (TPSA) is 55.4 Å². The lowest BCUT2D eigenvalue weighted by atomic mass is 9.89. The van der Waals surface area contributed by atoms with Crippen molar-refractivity contribution >= 4 is 11.5 Å². The zero-order valence-electron chi connectivity index (χ0n) is 10.5. The summed E-state index contributed by atoms with van der Waals surface area (Å²) < 4.78 is 0. The fourth-order valence-electron chi connectivity index (χ4n) is 3.07. The molecule has 3 rings (SSSR count). The molecule has 3 nitrogen and oxygen atoms in total. The molecule has 0 radical (unpaired) electrons. The standard InChI is InChI=1S/C15H18N2O/c16-8-14-13-7-11(10-3-1-2-4-10)5-6-12(13)15(18)9-17-14/h5-7,10H,1-4,8-9,16H2. The van der Waals surface area contributed by atoms with Crippen LogP contribution in [0.3, 0.4) is 0 Å². The van der Waals surface area contributed by atoms with Crippen LogP contribution < -0.4 is 5.73 Å². The van der Waals surface area contributed by atoms with Gasteiger partial charge in [-0.2, -0.15) is 0 Å². The third-order valence-corrected chi connectivity index (χ3v) is 4.09. The summed E-state index contributed by atoms with van der Waals surface area (Å²) in [6, 6.07) is 6.23. The van der Waals surface area contributed by atoms with Crippen LogP contribution in [0.15, 0.2) is 23.2 Å². The Morgan fingerprint density at radius 1 is 1.22 bits per heavy atom. The van der Waals surface area contributed by atoms with Gasteiger partial charge in [0.25, 0.3) is 0 Å². The van der Waals surface area contributed by atoms with Crippen LogP contribution in [0.25, 0.3) is 0 Å². The first kappa shape index (κ1) is 11.6. The van der Waals surface area contributed by atoms with Crippen LogP contribution in [-0.2, 0) is 0 Å². The number of ketones is 1. The number of hydrogen-bond acceptors (Lipinski definition) is 3. The average molecular weight is 242 g/mol. The zero-order chi connectivity index (χ0) is 12.5. The smallest absolute Gasteiger partial charge is 0.184 e. The molecule has 1 aliphatic heterocycles. The van der Waals surface area contributed by atoms with Gasteiger partial charge < -0.3 is 5.73 Å². The molecule has 2 aliphatic rings. The molecule has 0 saturated heterocycles. The summed E-state index contributed by atoms with van der Waals surface area (Å²) in [5.41, 5.74) is 9.72. The van der Waals surface area contributed by atoms with E-state index in [1.165, 1.54) is 31.2 Å². The van der Waals surface area contributed by atoms with Gasteiger partial charge in [0.1, 0.15) is 6.54 Å². The first-order valence-electron chi connectivity index (χ1n) is 6.70. The minimum atomic E-state index is 0.111. The molecule has 1 fully saturated rings. The van der Waals surface area contributed by atoms with Gasteiger partial charge in [0, 0.05) is 17.7 Å².